The molecule has 0 bridgehead atoms. The number of aryl methyl sites for hydroxylation is 1. The molecule has 2 N–H and O–H groups in total. The van der Waals surface area contributed by atoms with Gasteiger partial charge in [-0.3, -0.25) is 4.79 Å². The molecule has 6 nitrogen and oxygen atoms in total. The Morgan fingerprint density at radius 1 is 1.33 bits per heavy atom. The normalized spacial score (nSPS) is 17.8. The Bertz CT molecular complexity index is 832. The highest BCUT2D eigenvalue weighted by molar-refractivity contribution is 5.97. The van der Waals surface area contributed by atoms with E-state index in [-0.39, 0.29) is 11.8 Å². The number of hydrogen-bond acceptors (Lipinski definition) is 4. The summed E-state index contributed by atoms with van der Waals surface area (Å²) in [6.07, 6.45) is 5.19. The number of carbonyl (C=O) groups excluding carboxylic acids is 1. The van der Waals surface area contributed by atoms with E-state index < -0.39 is 0 Å². The predicted octanol–water partition coefficient (Wildman–Crippen LogP) is 1.72. The molecule has 0 saturated carbocycles. The van der Waals surface area contributed by atoms with Gasteiger partial charge in [0.15, 0.2) is 5.82 Å². The maximum Gasteiger partial charge on any atom is 0.251 e. The van der Waals surface area contributed by atoms with E-state index in [1.54, 1.807) is 6.20 Å². The minimum atomic E-state index is -0.0948. The van der Waals surface area contributed by atoms with Crippen LogP contribution in [0.25, 0.3) is 10.9 Å². The molecule has 2 aromatic heterocycles. The lowest BCUT2D eigenvalue weighted by Crippen LogP contribution is -2.30. The lowest BCUT2D eigenvalue weighted by atomic mass is 9.97. The molecule has 21 heavy (non-hydrogen) atoms. The number of nitrogens with zero attached hydrogens (tertiary/aromatic N) is 4. The average Bonchev–Trinajstić information content (AvgIpc) is 3.11. The van der Waals surface area contributed by atoms with Crippen molar-refractivity contribution >= 4 is 22.6 Å². The van der Waals surface area contributed by atoms with Crippen LogP contribution in [0.2, 0.25) is 0 Å². The lowest BCUT2D eigenvalue weighted by Gasteiger charge is -2.22. The number of fused-ring (bicyclic) bond motifs is 2. The van der Waals surface area contributed by atoms with Crippen LogP contribution in [0.5, 0.6) is 0 Å². The van der Waals surface area contributed by atoms with Gasteiger partial charge in [0.05, 0.1) is 5.52 Å². The van der Waals surface area contributed by atoms with E-state index in [2.05, 4.69) is 14.6 Å². The fourth-order valence-corrected chi connectivity index (χ4v) is 2.99. The monoisotopic (exact) mass is 281 g/mol. The zero-order valence-electron chi connectivity index (χ0n) is 11.4. The van der Waals surface area contributed by atoms with Gasteiger partial charge >= 0.3 is 0 Å². The maximum absolute atomic E-state index is 12.8. The van der Waals surface area contributed by atoms with E-state index in [1.807, 2.05) is 30.5 Å². The van der Waals surface area contributed by atoms with Gasteiger partial charge in [0.25, 0.3) is 5.91 Å². The minimum Gasteiger partial charge on any atom is -0.382 e. The third-order valence-corrected chi connectivity index (χ3v) is 4.12. The second-order valence-corrected chi connectivity index (χ2v) is 5.38. The van der Waals surface area contributed by atoms with Crippen molar-refractivity contribution < 1.29 is 4.79 Å². The van der Waals surface area contributed by atoms with E-state index in [0.717, 1.165) is 29.7 Å². The summed E-state index contributed by atoms with van der Waals surface area (Å²) >= 11 is 0. The number of nitrogen functional groups attached to an aromatic ring is 1. The van der Waals surface area contributed by atoms with Gasteiger partial charge in [-0.15, -0.1) is 5.10 Å². The first-order valence-corrected chi connectivity index (χ1v) is 7.01. The number of aromatic nitrogens is 4. The standard InChI is InChI=1S/C15H15N5O/c16-14-11-3-1-2-4-12(11)20(18-14)15(21)10-5-7-19-8-6-17-13(19)9-10/h1-4,6,8,10H,5,7,9H2,(H2,16,18). The molecule has 6 heteroatoms. The van der Waals surface area contributed by atoms with Gasteiger partial charge in [-0.2, -0.15) is 4.68 Å². The Hall–Kier alpha value is -2.63. The Morgan fingerprint density at radius 3 is 3.10 bits per heavy atom. The second-order valence-electron chi connectivity index (χ2n) is 5.38. The number of para-hydroxylation sites is 1. The summed E-state index contributed by atoms with van der Waals surface area (Å²) in [6, 6.07) is 7.54. The fourth-order valence-electron chi connectivity index (χ4n) is 2.99. The quantitative estimate of drug-likeness (QED) is 0.736. The van der Waals surface area contributed by atoms with Crippen molar-refractivity contribution in [3.05, 3.63) is 42.5 Å². The third-order valence-electron chi connectivity index (χ3n) is 4.12. The first kappa shape index (κ1) is 12.1. The van der Waals surface area contributed by atoms with Gasteiger partial charge in [0.2, 0.25) is 0 Å². The molecule has 4 rings (SSSR count). The van der Waals surface area contributed by atoms with Crippen molar-refractivity contribution in [2.24, 2.45) is 5.92 Å². The van der Waals surface area contributed by atoms with Crippen LogP contribution in [-0.2, 0) is 13.0 Å². The Balaban J connectivity index is 1.71. The summed E-state index contributed by atoms with van der Waals surface area (Å²) in [6.45, 7) is 0.820. The fraction of sp³-hybridized carbons (Fsp3) is 0.267. The van der Waals surface area contributed by atoms with Crippen LogP contribution in [0.15, 0.2) is 36.7 Å². The molecule has 1 unspecified atom stereocenters. The van der Waals surface area contributed by atoms with Gasteiger partial charge in [0.1, 0.15) is 5.82 Å². The highest BCUT2D eigenvalue weighted by Crippen LogP contribution is 2.25. The van der Waals surface area contributed by atoms with Crippen molar-refractivity contribution in [3.8, 4) is 0 Å². The molecule has 106 valence electrons. The number of imidazole rings is 1. The molecule has 0 fully saturated rings. The number of nitrogens with two attached hydrogens (primary N) is 1. The molecule has 3 heterocycles. The molecule has 1 aromatic carbocycles. The van der Waals surface area contributed by atoms with Gasteiger partial charge in [-0.1, -0.05) is 12.1 Å². The van der Waals surface area contributed by atoms with Gasteiger partial charge < -0.3 is 10.3 Å². The molecule has 0 saturated heterocycles. The Kier molecular flexibility index (Phi) is 2.57. The summed E-state index contributed by atoms with van der Waals surface area (Å²) in [4.78, 5) is 17.1. The maximum atomic E-state index is 12.8. The van der Waals surface area contributed by atoms with Crippen LogP contribution >= 0.6 is 0 Å². The van der Waals surface area contributed by atoms with Crippen LogP contribution in [0.1, 0.15) is 17.0 Å². The van der Waals surface area contributed by atoms with E-state index >= 15 is 0 Å². The van der Waals surface area contributed by atoms with E-state index in [9.17, 15) is 4.79 Å². The van der Waals surface area contributed by atoms with Crippen molar-refractivity contribution in [1.82, 2.24) is 19.3 Å². The summed E-state index contributed by atoms with van der Waals surface area (Å²) < 4.78 is 3.55. The van der Waals surface area contributed by atoms with Gasteiger partial charge in [-0.05, 0) is 18.6 Å². The molecule has 1 aliphatic rings. The largest absolute Gasteiger partial charge is 0.382 e. The predicted molar refractivity (Wildman–Crippen MR) is 78.8 cm³/mol. The molecular formula is C15H15N5O. The molecule has 0 radical (unpaired) electrons. The number of carbonyl (C=O) groups is 1. The van der Waals surface area contributed by atoms with Gasteiger partial charge in [0, 0.05) is 36.7 Å². The Labute approximate surface area is 121 Å². The van der Waals surface area contributed by atoms with Crippen molar-refractivity contribution in [2.45, 2.75) is 19.4 Å². The lowest BCUT2D eigenvalue weighted by molar-refractivity contribution is 0.0800. The van der Waals surface area contributed by atoms with Crippen LogP contribution < -0.4 is 5.73 Å². The SMILES string of the molecule is Nc1nn(C(=O)C2CCn3ccnc3C2)c2ccccc12. The first-order chi connectivity index (χ1) is 10.2. The average molecular weight is 281 g/mol. The highest BCUT2D eigenvalue weighted by Gasteiger charge is 2.28. The zero-order valence-corrected chi connectivity index (χ0v) is 11.4. The molecule has 0 amide bonds. The van der Waals surface area contributed by atoms with E-state index in [4.69, 9.17) is 5.73 Å². The number of hydrogen-bond donors (Lipinski definition) is 1. The summed E-state index contributed by atoms with van der Waals surface area (Å²) in [5, 5.41) is 5.05. The van der Waals surface area contributed by atoms with Crippen LogP contribution in [0.3, 0.4) is 0 Å². The zero-order chi connectivity index (χ0) is 14.4. The highest BCUT2D eigenvalue weighted by atomic mass is 16.2. The van der Waals surface area contributed by atoms with Crippen molar-refractivity contribution in [1.29, 1.82) is 0 Å². The molecule has 0 aliphatic carbocycles. The van der Waals surface area contributed by atoms with Crippen molar-refractivity contribution in [3.63, 3.8) is 0 Å². The number of anilines is 1. The van der Waals surface area contributed by atoms with E-state index in [0.29, 0.717) is 12.2 Å². The number of benzene rings is 1. The molecule has 3 aromatic rings. The third kappa shape index (κ3) is 1.83. The summed E-state index contributed by atoms with van der Waals surface area (Å²) in [7, 11) is 0. The van der Waals surface area contributed by atoms with Gasteiger partial charge in [-0.25, -0.2) is 4.98 Å². The summed E-state index contributed by atoms with van der Waals surface area (Å²) in [5.74, 6) is 1.26. The molecular weight excluding hydrogens is 266 g/mol. The minimum absolute atomic E-state index is 0.00264. The van der Waals surface area contributed by atoms with Crippen LogP contribution in [0.4, 0.5) is 5.82 Å². The van der Waals surface area contributed by atoms with Crippen molar-refractivity contribution in [2.75, 3.05) is 5.73 Å². The molecule has 1 atom stereocenters. The molecule has 1 aliphatic heterocycles. The Morgan fingerprint density at radius 2 is 2.19 bits per heavy atom. The first-order valence-electron chi connectivity index (χ1n) is 7.01. The van der Waals surface area contributed by atoms with Crippen LogP contribution in [0, 0.1) is 5.92 Å². The molecule has 0 spiro atoms. The second kappa shape index (κ2) is 4.44. The number of rotatable bonds is 1. The van der Waals surface area contributed by atoms with E-state index in [1.165, 1.54) is 4.68 Å². The van der Waals surface area contributed by atoms with Crippen LogP contribution in [-0.4, -0.2) is 25.2 Å². The topological polar surface area (TPSA) is 78.7 Å². The summed E-state index contributed by atoms with van der Waals surface area (Å²) in [5.41, 5.74) is 6.68. The smallest absolute Gasteiger partial charge is 0.251 e.